The zero-order valence-corrected chi connectivity index (χ0v) is 9.28. The number of ether oxygens (including phenoxy) is 2. The van der Waals surface area contributed by atoms with Crippen LogP contribution in [0.3, 0.4) is 0 Å². The highest BCUT2D eigenvalue weighted by molar-refractivity contribution is 6.67. The number of hydrogen-bond donors (Lipinski definition) is 0. The topological polar surface area (TPSA) is 78.7 Å². The van der Waals surface area contributed by atoms with E-state index in [-0.39, 0.29) is 22.7 Å². The van der Waals surface area contributed by atoms with Crippen molar-refractivity contribution < 1.29 is 19.2 Å². The van der Waals surface area contributed by atoms with Gasteiger partial charge in [-0.1, -0.05) is 0 Å². The third-order valence-corrected chi connectivity index (χ3v) is 2.10. The van der Waals surface area contributed by atoms with Crippen LogP contribution < -0.4 is 9.47 Å². The number of hydrogen-bond acceptors (Lipinski definition) is 5. The number of methoxy groups -OCH3 is 2. The highest BCUT2D eigenvalue weighted by Crippen LogP contribution is 2.38. The standard InChI is InChI=1S/C9H8ClNO5/c1-15-7-4-5(9(10)12)3-6(11(13)14)8(7)16-2/h3-4H,1-2H3. The van der Waals surface area contributed by atoms with E-state index < -0.39 is 10.2 Å². The van der Waals surface area contributed by atoms with Crippen LogP contribution in [0.2, 0.25) is 0 Å². The molecule has 16 heavy (non-hydrogen) atoms. The molecule has 0 unspecified atom stereocenters. The number of nitro groups is 1. The average Bonchev–Trinajstić information content (AvgIpc) is 2.26. The largest absolute Gasteiger partial charge is 0.493 e. The Hall–Kier alpha value is -1.82. The lowest BCUT2D eigenvalue weighted by Crippen LogP contribution is -2.00. The van der Waals surface area contributed by atoms with Crippen molar-refractivity contribution in [3.8, 4) is 11.5 Å². The van der Waals surface area contributed by atoms with Gasteiger partial charge in [-0.25, -0.2) is 0 Å². The number of carbonyl (C=O) groups is 1. The summed E-state index contributed by atoms with van der Waals surface area (Å²) in [6.45, 7) is 0. The molecule has 0 aromatic heterocycles. The van der Waals surface area contributed by atoms with Crippen molar-refractivity contribution in [1.29, 1.82) is 0 Å². The van der Waals surface area contributed by atoms with E-state index in [1.54, 1.807) is 0 Å². The van der Waals surface area contributed by atoms with Crippen LogP contribution >= 0.6 is 11.6 Å². The summed E-state index contributed by atoms with van der Waals surface area (Å²) in [4.78, 5) is 21.0. The maximum Gasteiger partial charge on any atom is 0.315 e. The maximum absolute atomic E-state index is 10.9. The average molecular weight is 246 g/mol. The number of carbonyl (C=O) groups excluding carboxylic acids is 1. The zero-order chi connectivity index (χ0) is 12.3. The van der Waals surface area contributed by atoms with Gasteiger partial charge in [-0.05, 0) is 17.7 Å². The molecule has 0 atom stereocenters. The van der Waals surface area contributed by atoms with Gasteiger partial charge in [0.2, 0.25) is 5.75 Å². The molecule has 0 spiro atoms. The predicted octanol–water partition coefficient (Wildman–Crippen LogP) is 1.99. The van der Waals surface area contributed by atoms with Crippen molar-refractivity contribution >= 4 is 22.5 Å². The Balaban J connectivity index is 3.49. The summed E-state index contributed by atoms with van der Waals surface area (Å²) >= 11 is 5.25. The summed E-state index contributed by atoms with van der Waals surface area (Å²) in [6.07, 6.45) is 0. The second kappa shape index (κ2) is 4.80. The number of benzene rings is 1. The van der Waals surface area contributed by atoms with Crippen molar-refractivity contribution in [1.82, 2.24) is 0 Å². The van der Waals surface area contributed by atoms with Gasteiger partial charge in [0, 0.05) is 11.6 Å². The first-order chi connectivity index (χ1) is 7.51. The Kier molecular flexibility index (Phi) is 3.68. The minimum Gasteiger partial charge on any atom is -0.493 e. The van der Waals surface area contributed by atoms with Gasteiger partial charge in [0.25, 0.3) is 5.24 Å². The Morgan fingerprint density at radius 1 is 1.38 bits per heavy atom. The maximum atomic E-state index is 10.9. The van der Waals surface area contributed by atoms with Crippen molar-refractivity contribution in [3.05, 3.63) is 27.8 Å². The number of nitrogens with zero attached hydrogens (tertiary/aromatic N) is 1. The lowest BCUT2D eigenvalue weighted by Gasteiger charge is -2.08. The third kappa shape index (κ3) is 2.22. The molecular formula is C9H8ClNO5. The molecule has 0 saturated carbocycles. The summed E-state index contributed by atoms with van der Waals surface area (Å²) < 4.78 is 9.72. The first-order valence-electron chi connectivity index (χ1n) is 4.11. The van der Waals surface area contributed by atoms with Crippen LogP contribution in [0, 0.1) is 10.1 Å². The lowest BCUT2D eigenvalue weighted by molar-refractivity contribution is -0.385. The van der Waals surface area contributed by atoms with E-state index in [0.29, 0.717) is 0 Å². The van der Waals surface area contributed by atoms with Crippen LogP contribution in [-0.2, 0) is 0 Å². The van der Waals surface area contributed by atoms with Gasteiger partial charge in [-0.2, -0.15) is 0 Å². The summed E-state index contributed by atoms with van der Waals surface area (Å²) in [5, 5.41) is 9.94. The van der Waals surface area contributed by atoms with Gasteiger partial charge < -0.3 is 9.47 Å². The van der Waals surface area contributed by atoms with Crippen molar-refractivity contribution in [2.45, 2.75) is 0 Å². The molecule has 0 aliphatic rings. The van der Waals surface area contributed by atoms with Crippen LogP contribution in [0.1, 0.15) is 10.4 Å². The Morgan fingerprint density at radius 3 is 2.38 bits per heavy atom. The van der Waals surface area contributed by atoms with Crippen LogP contribution in [0.15, 0.2) is 12.1 Å². The fraction of sp³-hybridized carbons (Fsp3) is 0.222. The molecule has 0 heterocycles. The first kappa shape index (κ1) is 12.3. The minimum absolute atomic E-state index is 0.0222. The van der Waals surface area contributed by atoms with Crippen LogP contribution in [0.25, 0.3) is 0 Å². The molecule has 86 valence electrons. The smallest absolute Gasteiger partial charge is 0.315 e. The van der Waals surface area contributed by atoms with Gasteiger partial charge in [0.05, 0.1) is 19.1 Å². The van der Waals surface area contributed by atoms with Gasteiger partial charge in [0.15, 0.2) is 5.75 Å². The first-order valence-corrected chi connectivity index (χ1v) is 4.49. The monoisotopic (exact) mass is 245 g/mol. The summed E-state index contributed by atoms with van der Waals surface area (Å²) in [7, 11) is 2.58. The van der Waals surface area contributed by atoms with Crippen molar-refractivity contribution in [2.75, 3.05) is 14.2 Å². The summed E-state index contributed by atoms with van der Waals surface area (Å²) in [5.74, 6) is 0.0369. The van der Waals surface area contributed by atoms with E-state index in [9.17, 15) is 14.9 Å². The van der Waals surface area contributed by atoms with E-state index in [1.807, 2.05) is 0 Å². The number of halogens is 1. The lowest BCUT2D eigenvalue weighted by atomic mass is 10.2. The van der Waals surface area contributed by atoms with Crippen molar-refractivity contribution in [2.24, 2.45) is 0 Å². The molecule has 0 aliphatic heterocycles. The quantitative estimate of drug-likeness (QED) is 0.460. The molecule has 0 aliphatic carbocycles. The summed E-state index contributed by atoms with van der Waals surface area (Å²) in [6, 6.07) is 2.32. The van der Waals surface area contributed by atoms with E-state index in [0.717, 1.165) is 6.07 Å². The molecule has 0 fully saturated rings. The molecule has 0 radical (unpaired) electrons. The van der Waals surface area contributed by atoms with E-state index >= 15 is 0 Å². The Morgan fingerprint density at radius 2 is 2.00 bits per heavy atom. The molecule has 1 aromatic rings. The van der Waals surface area contributed by atoms with Gasteiger partial charge >= 0.3 is 5.69 Å². The summed E-state index contributed by atoms with van der Waals surface area (Å²) in [5.41, 5.74) is -0.392. The van der Waals surface area contributed by atoms with Gasteiger partial charge in [-0.15, -0.1) is 0 Å². The van der Waals surface area contributed by atoms with E-state index in [4.69, 9.17) is 21.1 Å². The minimum atomic E-state index is -0.802. The van der Waals surface area contributed by atoms with Crippen LogP contribution in [0.5, 0.6) is 11.5 Å². The molecule has 1 rings (SSSR count). The molecule has 0 saturated heterocycles. The SMILES string of the molecule is COc1cc(C(=O)Cl)cc([N+](=O)[O-])c1OC. The van der Waals surface area contributed by atoms with Gasteiger partial charge in [0.1, 0.15) is 0 Å². The van der Waals surface area contributed by atoms with E-state index in [1.165, 1.54) is 20.3 Å². The number of nitro benzene ring substituents is 1. The van der Waals surface area contributed by atoms with Crippen LogP contribution in [0.4, 0.5) is 5.69 Å². The molecule has 0 N–H and O–H groups in total. The normalized spacial score (nSPS) is 9.69. The van der Waals surface area contributed by atoms with E-state index in [2.05, 4.69) is 0 Å². The second-order valence-electron chi connectivity index (χ2n) is 2.76. The molecule has 0 amide bonds. The Bertz CT molecular complexity index is 446. The Labute approximate surface area is 95.9 Å². The van der Waals surface area contributed by atoms with Crippen molar-refractivity contribution in [3.63, 3.8) is 0 Å². The third-order valence-electron chi connectivity index (χ3n) is 1.88. The highest BCUT2D eigenvalue weighted by atomic mass is 35.5. The predicted molar refractivity (Wildman–Crippen MR) is 56.4 cm³/mol. The van der Waals surface area contributed by atoms with Crippen LogP contribution in [-0.4, -0.2) is 24.4 Å². The highest BCUT2D eigenvalue weighted by Gasteiger charge is 2.23. The number of rotatable bonds is 4. The fourth-order valence-electron chi connectivity index (χ4n) is 1.19. The molecule has 6 nitrogen and oxygen atoms in total. The molecule has 1 aromatic carbocycles. The molecule has 7 heteroatoms. The molecular weight excluding hydrogens is 238 g/mol. The fourth-order valence-corrected chi connectivity index (χ4v) is 1.30. The van der Waals surface area contributed by atoms with Gasteiger partial charge in [-0.3, -0.25) is 14.9 Å². The zero-order valence-electron chi connectivity index (χ0n) is 8.52. The molecule has 0 bridgehead atoms. The second-order valence-corrected chi connectivity index (χ2v) is 3.10.